The van der Waals surface area contributed by atoms with E-state index < -0.39 is 30.1 Å². The number of aliphatic hydroxyl groups excluding tert-OH is 1. The number of aromatic nitrogens is 3. The number of likely N-dealkylation sites (N-methyl/N-ethyl adjacent to an activating group) is 1. The molecule has 0 bridgehead atoms. The zero-order valence-corrected chi connectivity index (χ0v) is 25.6. The van der Waals surface area contributed by atoms with Gasteiger partial charge in [-0.05, 0) is 80.8 Å². The van der Waals surface area contributed by atoms with Crippen molar-refractivity contribution in [3.05, 3.63) is 41.2 Å². The summed E-state index contributed by atoms with van der Waals surface area (Å²) < 4.78 is 28.7. The van der Waals surface area contributed by atoms with E-state index in [4.69, 9.17) is 9.47 Å². The summed E-state index contributed by atoms with van der Waals surface area (Å²) in [6.45, 7) is 9.23. The number of piperazine rings is 1. The molecule has 1 aliphatic carbocycles. The number of hydrogen-bond donors (Lipinski definition) is 1. The lowest BCUT2D eigenvalue weighted by Crippen LogP contribution is -2.48. The Bertz CT molecular complexity index is 1360. The van der Waals surface area contributed by atoms with E-state index in [-0.39, 0.29) is 24.3 Å². The molecule has 43 heavy (non-hydrogen) atoms. The predicted molar refractivity (Wildman–Crippen MR) is 160 cm³/mol. The molecule has 5 rings (SSSR count). The van der Waals surface area contributed by atoms with Crippen LogP contribution in [0, 0.1) is 23.6 Å². The first-order valence-electron chi connectivity index (χ1n) is 15.5. The highest BCUT2D eigenvalue weighted by atomic mass is 19.1. The molecule has 1 saturated carbocycles. The minimum atomic E-state index is -0.873. The third-order valence-electron chi connectivity index (χ3n) is 8.81. The Hall–Kier alpha value is -3.31. The number of nitrogens with zero attached hydrogens (tertiary/aromatic N) is 5. The van der Waals surface area contributed by atoms with Crippen LogP contribution in [0.15, 0.2) is 29.9 Å². The number of benzene rings is 1. The van der Waals surface area contributed by atoms with Crippen LogP contribution in [0.3, 0.4) is 0 Å². The molecule has 5 atom stereocenters. The molecule has 0 spiro atoms. The second kappa shape index (κ2) is 13.5. The summed E-state index contributed by atoms with van der Waals surface area (Å²) in [5, 5.41) is 18.9. The van der Waals surface area contributed by atoms with Gasteiger partial charge in [-0.25, -0.2) is 13.9 Å². The van der Waals surface area contributed by atoms with Crippen molar-refractivity contribution in [2.75, 3.05) is 33.2 Å². The highest BCUT2D eigenvalue weighted by Crippen LogP contribution is 2.32. The first-order chi connectivity index (χ1) is 20.6. The van der Waals surface area contributed by atoms with Gasteiger partial charge in [0.2, 0.25) is 0 Å². The van der Waals surface area contributed by atoms with Gasteiger partial charge >= 0.3 is 12.1 Å². The highest BCUT2D eigenvalue weighted by molar-refractivity contribution is 5.79. The zero-order chi connectivity index (χ0) is 30.7. The number of fused-ring (bicyclic) bond motifs is 1. The number of ether oxygens (including phenoxy) is 2. The normalized spacial score (nSPS) is 29.1. The topological polar surface area (TPSA) is 110 Å². The van der Waals surface area contributed by atoms with Gasteiger partial charge in [0.1, 0.15) is 23.2 Å². The number of rotatable bonds is 5. The minimum absolute atomic E-state index is 0.0666. The second-order valence-corrected chi connectivity index (χ2v) is 12.7. The van der Waals surface area contributed by atoms with Crippen LogP contribution in [0.5, 0.6) is 0 Å². The molecule has 0 unspecified atom stereocenters. The number of carbonyl (C=O) groups is 2. The van der Waals surface area contributed by atoms with Crippen LogP contribution in [-0.4, -0.2) is 93.5 Å². The predicted octanol–water partition coefficient (Wildman–Crippen LogP) is 4.42. The Morgan fingerprint density at radius 3 is 2.60 bits per heavy atom. The van der Waals surface area contributed by atoms with Crippen molar-refractivity contribution in [2.24, 2.45) is 17.8 Å². The van der Waals surface area contributed by atoms with Gasteiger partial charge in [-0.15, -0.1) is 5.10 Å². The van der Waals surface area contributed by atoms with Crippen LogP contribution in [0.1, 0.15) is 58.4 Å². The van der Waals surface area contributed by atoms with E-state index in [1.54, 1.807) is 21.7 Å². The molecular weight excluding hydrogens is 553 g/mol. The van der Waals surface area contributed by atoms with E-state index in [2.05, 4.69) is 15.2 Å². The standard InChI is InChI=1S/C32H44FN5O5/c1-20-5-9-25(39)18-29(40)43-31(21(2)6-10-28(20)42-32(41)37-13-11-36(4)12-14-37)22(3)15-24-16-26(33)30-27(17-24)34-35-38(30)19-23-7-8-23/h6,10,15-17,20-21,23,25,28,31,39H,5,7-9,11-14,18-19H2,1-4H3/b10-6-,22-15+/t20-,21-,25+,28-,31-/m0/s1. The molecule has 1 N–H and O–H groups in total. The molecule has 2 aromatic rings. The molecule has 234 valence electrons. The molecule has 2 aliphatic heterocycles. The molecule has 2 fully saturated rings. The molecular formula is C32H44FN5O5. The third-order valence-corrected chi connectivity index (χ3v) is 8.81. The Labute approximate surface area is 252 Å². The fourth-order valence-electron chi connectivity index (χ4n) is 5.81. The smallest absolute Gasteiger partial charge is 0.410 e. The summed E-state index contributed by atoms with van der Waals surface area (Å²) in [5.74, 6) is -0.716. The van der Waals surface area contributed by atoms with Gasteiger partial charge in [0.05, 0.1) is 12.5 Å². The fraction of sp³-hybridized carbons (Fsp3) is 0.625. The number of amides is 1. The Morgan fingerprint density at radius 2 is 1.88 bits per heavy atom. The van der Waals surface area contributed by atoms with Crippen LogP contribution in [0.25, 0.3) is 17.1 Å². The lowest BCUT2D eigenvalue weighted by molar-refractivity contribution is -0.151. The lowest BCUT2D eigenvalue weighted by Gasteiger charge is -2.33. The SMILES string of the molecule is C/C(=C\c1cc(F)c2c(c1)nnn2CC1CC1)[C@H]1OC(=O)C[C@H](O)CC[C@H](C)[C@@H](OC(=O)N2CCN(C)CC2)/C=C\[C@@H]1C. The van der Waals surface area contributed by atoms with Gasteiger partial charge in [0.15, 0.2) is 5.82 Å². The van der Waals surface area contributed by atoms with Crippen molar-refractivity contribution >= 4 is 29.2 Å². The van der Waals surface area contributed by atoms with Crippen molar-refractivity contribution in [3.63, 3.8) is 0 Å². The summed E-state index contributed by atoms with van der Waals surface area (Å²) in [7, 11) is 2.03. The number of aliphatic hydroxyl groups is 1. The minimum Gasteiger partial charge on any atom is -0.457 e. The lowest BCUT2D eigenvalue weighted by atomic mass is 9.91. The molecule has 3 heterocycles. The fourth-order valence-corrected chi connectivity index (χ4v) is 5.81. The highest BCUT2D eigenvalue weighted by Gasteiger charge is 2.29. The Morgan fingerprint density at radius 1 is 1.14 bits per heavy atom. The summed E-state index contributed by atoms with van der Waals surface area (Å²) in [4.78, 5) is 29.8. The maximum absolute atomic E-state index is 15.2. The monoisotopic (exact) mass is 597 g/mol. The van der Waals surface area contributed by atoms with Crippen LogP contribution < -0.4 is 0 Å². The molecule has 0 radical (unpaired) electrons. The first-order valence-corrected chi connectivity index (χ1v) is 15.5. The quantitative estimate of drug-likeness (QED) is 0.399. The van der Waals surface area contributed by atoms with E-state index >= 15 is 4.39 Å². The van der Waals surface area contributed by atoms with Gasteiger partial charge < -0.3 is 24.4 Å². The number of esters is 1. The largest absolute Gasteiger partial charge is 0.457 e. The van der Waals surface area contributed by atoms with Crippen LogP contribution in [-0.2, 0) is 20.8 Å². The molecule has 1 aromatic carbocycles. The van der Waals surface area contributed by atoms with E-state index in [0.29, 0.717) is 60.6 Å². The van der Waals surface area contributed by atoms with E-state index in [1.807, 2.05) is 40.0 Å². The van der Waals surface area contributed by atoms with Gasteiger partial charge in [-0.3, -0.25) is 4.79 Å². The average molecular weight is 598 g/mol. The number of carbonyl (C=O) groups excluding carboxylic acids is 2. The maximum Gasteiger partial charge on any atom is 0.410 e. The van der Waals surface area contributed by atoms with Crippen LogP contribution in [0.2, 0.25) is 0 Å². The third kappa shape index (κ3) is 8.00. The summed E-state index contributed by atoms with van der Waals surface area (Å²) in [6, 6.07) is 3.24. The average Bonchev–Trinajstić information content (AvgIpc) is 3.69. The van der Waals surface area contributed by atoms with E-state index in [9.17, 15) is 14.7 Å². The van der Waals surface area contributed by atoms with Gasteiger partial charge in [-0.1, -0.05) is 31.2 Å². The van der Waals surface area contributed by atoms with Crippen molar-refractivity contribution in [1.82, 2.24) is 24.8 Å². The van der Waals surface area contributed by atoms with Crippen LogP contribution >= 0.6 is 0 Å². The zero-order valence-electron chi connectivity index (χ0n) is 25.6. The van der Waals surface area contributed by atoms with Gasteiger partial charge in [0, 0.05) is 38.6 Å². The Kier molecular flexibility index (Phi) is 9.81. The summed E-state index contributed by atoms with van der Waals surface area (Å²) in [6.07, 6.45) is 6.26. The summed E-state index contributed by atoms with van der Waals surface area (Å²) >= 11 is 0. The molecule has 1 aromatic heterocycles. The van der Waals surface area contributed by atoms with Crippen molar-refractivity contribution in [2.45, 2.75) is 77.7 Å². The molecule has 3 aliphatic rings. The Balaban J connectivity index is 1.37. The second-order valence-electron chi connectivity index (χ2n) is 12.7. The molecule has 1 amide bonds. The van der Waals surface area contributed by atoms with E-state index in [0.717, 1.165) is 25.9 Å². The van der Waals surface area contributed by atoms with Gasteiger partial charge in [-0.2, -0.15) is 0 Å². The van der Waals surface area contributed by atoms with Crippen LogP contribution in [0.4, 0.5) is 9.18 Å². The van der Waals surface area contributed by atoms with Crippen molar-refractivity contribution in [3.8, 4) is 0 Å². The summed E-state index contributed by atoms with van der Waals surface area (Å²) in [5.41, 5.74) is 2.17. The first kappa shape index (κ1) is 31.1. The molecule has 1 saturated heterocycles. The molecule has 10 nitrogen and oxygen atoms in total. The van der Waals surface area contributed by atoms with Crippen molar-refractivity contribution < 1.29 is 28.6 Å². The van der Waals surface area contributed by atoms with Crippen molar-refractivity contribution in [1.29, 1.82) is 0 Å². The molecule has 11 heteroatoms. The number of halogens is 1. The van der Waals surface area contributed by atoms with E-state index in [1.165, 1.54) is 6.07 Å². The maximum atomic E-state index is 15.2. The van der Waals surface area contributed by atoms with Gasteiger partial charge in [0.25, 0.3) is 0 Å². The number of cyclic esters (lactones) is 1. The number of hydrogen-bond acceptors (Lipinski definition) is 8.